The van der Waals surface area contributed by atoms with Gasteiger partial charge in [-0.25, -0.2) is 0 Å². The van der Waals surface area contributed by atoms with E-state index in [2.05, 4.69) is 24.0 Å². The average molecular weight is 272 g/mol. The number of nitrogens with zero attached hydrogens (tertiary/aromatic N) is 4. The monoisotopic (exact) mass is 272 g/mol. The molecule has 0 saturated carbocycles. The number of rotatable bonds is 6. The quantitative estimate of drug-likeness (QED) is 0.797. The highest BCUT2D eigenvalue weighted by molar-refractivity contribution is 7.99. The van der Waals surface area contributed by atoms with Crippen LogP contribution in [0.5, 0.6) is 0 Å². The molecular weight excluding hydrogens is 252 g/mol. The maximum atomic E-state index is 10.6. The Hall–Kier alpha value is -1.24. The molecule has 0 aliphatic rings. The number of carboxylic acids is 1. The van der Waals surface area contributed by atoms with Crippen LogP contribution in [0.25, 0.3) is 0 Å². The van der Waals surface area contributed by atoms with Gasteiger partial charge < -0.3 is 10.0 Å². The van der Waals surface area contributed by atoms with Gasteiger partial charge in [0, 0.05) is 19.1 Å². The third-order valence-electron chi connectivity index (χ3n) is 2.58. The summed E-state index contributed by atoms with van der Waals surface area (Å²) < 4.78 is 1.97. The van der Waals surface area contributed by atoms with Crippen LogP contribution in [0.15, 0.2) is 5.16 Å². The van der Waals surface area contributed by atoms with Gasteiger partial charge >= 0.3 is 5.97 Å². The Morgan fingerprint density at radius 1 is 1.39 bits per heavy atom. The molecule has 7 heteroatoms. The molecule has 0 unspecified atom stereocenters. The molecule has 0 bridgehead atoms. The third-order valence-corrected chi connectivity index (χ3v) is 3.51. The van der Waals surface area contributed by atoms with E-state index < -0.39 is 5.97 Å². The fraction of sp³-hybridized carbons (Fsp3) is 0.727. The van der Waals surface area contributed by atoms with Gasteiger partial charge in [0.1, 0.15) is 0 Å². The maximum Gasteiger partial charge on any atom is 0.313 e. The lowest BCUT2D eigenvalue weighted by Crippen LogP contribution is -2.29. The highest BCUT2D eigenvalue weighted by Gasteiger charge is 2.20. The number of anilines is 1. The number of aliphatic carboxylic acids is 1. The summed E-state index contributed by atoms with van der Waals surface area (Å²) in [4.78, 5) is 12.6. The SMILES string of the molecule is CC(C)N(C)c1nnc(SCC(=O)O)n1C(C)C. The smallest absolute Gasteiger partial charge is 0.313 e. The normalized spacial score (nSPS) is 11.3. The summed E-state index contributed by atoms with van der Waals surface area (Å²) in [6.07, 6.45) is 0. The van der Waals surface area contributed by atoms with Crippen molar-refractivity contribution in [1.29, 1.82) is 0 Å². The van der Waals surface area contributed by atoms with E-state index in [0.717, 1.165) is 5.95 Å². The molecule has 0 atom stereocenters. The Morgan fingerprint density at radius 2 is 2.00 bits per heavy atom. The Morgan fingerprint density at radius 3 is 2.44 bits per heavy atom. The molecule has 6 nitrogen and oxygen atoms in total. The van der Waals surface area contributed by atoms with Gasteiger partial charge in [-0.1, -0.05) is 11.8 Å². The summed E-state index contributed by atoms with van der Waals surface area (Å²) in [5.74, 6) is -0.0825. The van der Waals surface area contributed by atoms with Gasteiger partial charge in [-0.05, 0) is 27.7 Å². The van der Waals surface area contributed by atoms with Crippen molar-refractivity contribution in [2.45, 2.75) is 44.9 Å². The number of carboxylic acid groups (broad SMARTS) is 1. The molecule has 0 saturated heterocycles. The van der Waals surface area contributed by atoms with E-state index in [9.17, 15) is 4.79 Å². The molecule has 0 aliphatic carbocycles. The van der Waals surface area contributed by atoms with E-state index in [0.29, 0.717) is 11.2 Å². The van der Waals surface area contributed by atoms with Crippen molar-refractivity contribution in [3.05, 3.63) is 0 Å². The zero-order chi connectivity index (χ0) is 13.9. The van der Waals surface area contributed by atoms with E-state index in [1.165, 1.54) is 11.8 Å². The minimum absolute atomic E-state index is 0.00372. The Balaban J connectivity index is 3.03. The molecule has 1 aromatic rings. The first-order chi connectivity index (χ1) is 8.34. The molecule has 1 heterocycles. The topological polar surface area (TPSA) is 71.2 Å². The molecule has 1 N–H and O–H groups in total. The van der Waals surface area contributed by atoms with Gasteiger partial charge in [-0.15, -0.1) is 10.2 Å². The predicted molar refractivity (Wildman–Crippen MR) is 72.3 cm³/mol. The summed E-state index contributed by atoms with van der Waals surface area (Å²) >= 11 is 1.20. The second-order valence-corrected chi connectivity index (χ2v) is 5.58. The van der Waals surface area contributed by atoms with E-state index in [-0.39, 0.29) is 11.8 Å². The summed E-state index contributed by atoms with van der Waals surface area (Å²) in [6.45, 7) is 8.21. The van der Waals surface area contributed by atoms with Gasteiger partial charge in [-0.3, -0.25) is 9.36 Å². The van der Waals surface area contributed by atoms with Gasteiger partial charge in [0.25, 0.3) is 0 Å². The second kappa shape index (κ2) is 6.08. The number of hydrogen-bond acceptors (Lipinski definition) is 5. The Bertz CT molecular complexity index is 417. The minimum atomic E-state index is -0.850. The van der Waals surface area contributed by atoms with Crippen molar-refractivity contribution in [2.24, 2.45) is 0 Å². The molecule has 1 aromatic heterocycles. The molecule has 0 amide bonds. The van der Waals surface area contributed by atoms with Crippen LogP contribution in [0.3, 0.4) is 0 Å². The van der Waals surface area contributed by atoms with Crippen molar-refractivity contribution in [3.8, 4) is 0 Å². The first kappa shape index (κ1) is 14.8. The first-order valence-electron chi connectivity index (χ1n) is 5.87. The van der Waals surface area contributed by atoms with Crippen LogP contribution in [0.2, 0.25) is 0 Å². The fourth-order valence-electron chi connectivity index (χ4n) is 1.42. The van der Waals surface area contributed by atoms with Crippen LogP contribution in [0.4, 0.5) is 5.95 Å². The van der Waals surface area contributed by atoms with Crippen LogP contribution in [0, 0.1) is 0 Å². The van der Waals surface area contributed by atoms with Crippen molar-refractivity contribution >= 4 is 23.7 Å². The fourth-order valence-corrected chi connectivity index (χ4v) is 2.20. The van der Waals surface area contributed by atoms with E-state index >= 15 is 0 Å². The molecule has 102 valence electrons. The van der Waals surface area contributed by atoms with Crippen molar-refractivity contribution in [1.82, 2.24) is 14.8 Å². The molecule has 0 spiro atoms. The predicted octanol–water partition coefficient (Wildman–Crippen LogP) is 1.88. The lowest BCUT2D eigenvalue weighted by molar-refractivity contribution is -0.133. The number of thioether (sulfide) groups is 1. The third kappa shape index (κ3) is 3.38. The Kier molecular flexibility index (Phi) is 5.01. The highest BCUT2D eigenvalue weighted by Crippen LogP contribution is 2.26. The lowest BCUT2D eigenvalue weighted by Gasteiger charge is -2.24. The molecule has 1 rings (SSSR count). The molecule has 0 aliphatic heterocycles. The van der Waals surface area contributed by atoms with Crippen molar-refractivity contribution < 1.29 is 9.90 Å². The van der Waals surface area contributed by atoms with Crippen LogP contribution in [-0.4, -0.2) is 44.7 Å². The van der Waals surface area contributed by atoms with Crippen LogP contribution >= 0.6 is 11.8 Å². The van der Waals surface area contributed by atoms with Crippen LogP contribution < -0.4 is 4.90 Å². The molecule has 18 heavy (non-hydrogen) atoms. The summed E-state index contributed by atoms with van der Waals surface area (Å²) in [5, 5.41) is 17.6. The van der Waals surface area contributed by atoms with Gasteiger partial charge in [0.15, 0.2) is 5.16 Å². The van der Waals surface area contributed by atoms with Crippen LogP contribution in [-0.2, 0) is 4.79 Å². The molecular formula is C11H20N4O2S. The number of aromatic nitrogens is 3. The van der Waals surface area contributed by atoms with E-state index in [1.807, 2.05) is 30.4 Å². The molecule has 0 aromatic carbocycles. The average Bonchev–Trinajstić information content (AvgIpc) is 2.68. The number of hydrogen-bond donors (Lipinski definition) is 1. The van der Waals surface area contributed by atoms with Gasteiger partial charge in [0.2, 0.25) is 5.95 Å². The largest absolute Gasteiger partial charge is 0.481 e. The van der Waals surface area contributed by atoms with Crippen LogP contribution in [0.1, 0.15) is 33.7 Å². The van der Waals surface area contributed by atoms with Gasteiger partial charge in [-0.2, -0.15) is 0 Å². The van der Waals surface area contributed by atoms with Crippen molar-refractivity contribution in [3.63, 3.8) is 0 Å². The standard InChI is InChI=1S/C11H20N4O2S/c1-7(2)14(5)10-12-13-11(15(10)8(3)4)18-6-9(16)17/h7-8H,6H2,1-5H3,(H,16,17). The summed E-state index contributed by atoms with van der Waals surface area (Å²) in [6, 6.07) is 0.497. The van der Waals surface area contributed by atoms with E-state index in [1.54, 1.807) is 0 Å². The second-order valence-electron chi connectivity index (χ2n) is 4.63. The number of carbonyl (C=O) groups is 1. The first-order valence-corrected chi connectivity index (χ1v) is 6.85. The molecule has 0 fully saturated rings. The minimum Gasteiger partial charge on any atom is -0.481 e. The maximum absolute atomic E-state index is 10.6. The Labute approximate surface area is 111 Å². The summed E-state index contributed by atoms with van der Waals surface area (Å²) in [7, 11) is 1.96. The van der Waals surface area contributed by atoms with E-state index in [4.69, 9.17) is 5.11 Å². The van der Waals surface area contributed by atoms with Gasteiger partial charge in [0.05, 0.1) is 5.75 Å². The van der Waals surface area contributed by atoms with Crippen molar-refractivity contribution in [2.75, 3.05) is 17.7 Å². The zero-order valence-electron chi connectivity index (χ0n) is 11.4. The molecule has 0 radical (unpaired) electrons. The lowest BCUT2D eigenvalue weighted by atomic mass is 10.3. The zero-order valence-corrected chi connectivity index (χ0v) is 12.2. The highest BCUT2D eigenvalue weighted by atomic mass is 32.2. The summed E-state index contributed by atoms with van der Waals surface area (Å²) in [5.41, 5.74) is 0.